The van der Waals surface area contributed by atoms with Crippen molar-refractivity contribution in [2.75, 3.05) is 0 Å². The van der Waals surface area contributed by atoms with Crippen LogP contribution in [0.1, 0.15) is 221 Å². The molecule has 0 aliphatic heterocycles. The van der Waals surface area contributed by atoms with Crippen LogP contribution in [0.25, 0.3) is 0 Å². The minimum absolute atomic E-state index is 0. The highest BCUT2D eigenvalue weighted by atomic mass is 35.5. The van der Waals surface area contributed by atoms with Crippen molar-refractivity contribution < 1.29 is 19.2 Å². The SMILES string of the molecule is CCCCCCCC/C=C\CCCCCCCC(=O)OC1(C)CC1(C)C.CCCCCCCC/C=C\CCCCCCCC(=O)ON.Cl. The van der Waals surface area contributed by atoms with E-state index in [4.69, 9.17) is 10.6 Å². The fourth-order valence-electron chi connectivity index (χ4n) is 6.01. The second-order valence-electron chi connectivity index (χ2n) is 14.9. The summed E-state index contributed by atoms with van der Waals surface area (Å²) >= 11 is 0. The number of halogens is 1. The second-order valence-corrected chi connectivity index (χ2v) is 14.9. The Kier molecular flexibility index (Phi) is 34.7. The molecule has 1 saturated carbocycles. The van der Waals surface area contributed by atoms with Crippen molar-refractivity contribution >= 4 is 24.3 Å². The maximum Gasteiger partial charge on any atom is 0.324 e. The molecule has 0 radical (unpaired) electrons. The van der Waals surface area contributed by atoms with Gasteiger partial charge in [-0.15, -0.1) is 12.4 Å². The van der Waals surface area contributed by atoms with Gasteiger partial charge in [0.2, 0.25) is 0 Å². The molecule has 0 amide bonds. The number of carbonyl (C=O) groups is 2. The average Bonchev–Trinajstić information content (AvgIpc) is 3.55. The maximum atomic E-state index is 11.9. The van der Waals surface area contributed by atoms with Gasteiger partial charge in [-0.25, -0.2) is 0 Å². The van der Waals surface area contributed by atoms with Gasteiger partial charge in [-0.2, -0.15) is 5.90 Å². The summed E-state index contributed by atoms with van der Waals surface area (Å²) in [5.41, 5.74) is -0.0306. The number of unbranched alkanes of at least 4 members (excludes halogenated alkanes) is 22. The molecule has 0 spiro atoms. The number of hydrogen-bond donors (Lipinski definition) is 1. The zero-order chi connectivity index (χ0) is 34.9. The summed E-state index contributed by atoms with van der Waals surface area (Å²) in [6.07, 6.45) is 44.5. The molecule has 0 aromatic rings. The number of rotatable bonds is 31. The Bertz CT molecular complexity index is 797. The standard InChI is InChI=1S/C24H44O2.C18H35NO2.ClH/c1-5-6-7-8-9-10-11-12-13-14-15-16-17-18-19-20-22(25)26-24(4)21-23(24,2)3;1-2-3-4-5-6-7-8-9-10-11-12-13-14-15-16-17-18(20)21-19;/h12-13H,5-11,14-21H2,1-4H3;9-10H,2-8,11-17,19H2,1H3;1H/b13-12-;10-9-;. The number of esters is 1. The lowest BCUT2D eigenvalue weighted by atomic mass is 10.1. The number of allylic oxidation sites excluding steroid dienone is 4. The Hall–Kier alpha value is -1.33. The molecule has 5 nitrogen and oxygen atoms in total. The van der Waals surface area contributed by atoms with E-state index in [0.29, 0.717) is 12.8 Å². The van der Waals surface area contributed by atoms with Crippen molar-refractivity contribution in [3.8, 4) is 0 Å². The monoisotopic (exact) mass is 698 g/mol. The highest BCUT2D eigenvalue weighted by Crippen LogP contribution is 2.58. The third-order valence-corrected chi connectivity index (χ3v) is 9.84. The van der Waals surface area contributed by atoms with Crippen LogP contribution < -0.4 is 5.90 Å². The van der Waals surface area contributed by atoms with Gasteiger partial charge in [-0.05, 0) is 77.6 Å². The fraction of sp³-hybridized carbons (Fsp3) is 0.857. The van der Waals surface area contributed by atoms with E-state index in [-0.39, 0.29) is 35.4 Å². The van der Waals surface area contributed by atoms with E-state index < -0.39 is 0 Å². The van der Waals surface area contributed by atoms with Crippen LogP contribution in [0.3, 0.4) is 0 Å². The van der Waals surface area contributed by atoms with E-state index in [9.17, 15) is 9.59 Å². The first-order valence-electron chi connectivity index (χ1n) is 20.1. The van der Waals surface area contributed by atoms with Crippen molar-refractivity contribution in [3.63, 3.8) is 0 Å². The molecule has 2 N–H and O–H groups in total. The second kappa shape index (κ2) is 34.1. The quantitative estimate of drug-likeness (QED) is 0.0337. The first-order valence-corrected chi connectivity index (χ1v) is 20.1. The predicted octanol–water partition coefficient (Wildman–Crippen LogP) is 13.6. The highest BCUT2D eigenvalue weighted by Gasteiger charge is 2.61. The maximum absolute atomic E-state index is 11.9. The fourth-order valence-corrected chi connectivity index (χ4v) is 6.01. The Morgan fingerprint density at radius 2 is 0.812 bits per heavy atom. The van der Waals surface area contributed by atoms with Gasteiger partial charge in [0.05, 0.1) is 0 Å². The molecule has 0 aromatic carbocycles. The van der Waals surface area contributed by atoms with Gasteiger partial charge < -0.3 is 9.57 Å². The summed E-state index contributed by atoms with van der Waals surface area (Å²) < 4.78 is 5.64. The van der Waals surface area contributed by atoms with Gasteiger partial charge in [0, 0.05) is 18.3 Å². The number of carbonyl (C=O) groups excluding carboxylic acids is 2. The molecular formula is C42H80ClNO4. The van der Waals surface area contributed by atoms with Crippen LogP contribution in [0.5, 0.6) is 0 Å². The first kappa shape index (κ1) is 48.8. The van der Waals surface area contributed by atoms with Crippen LogP contribution >= 0.6 is 12.4 Å². The number of ether oxygens (including phenoxy) is 1. The minimum atomic E-state index is -0.298. The molecule has 1 unspecified atom stereocenters. The van der Waals surface area contributed by atoms with Gasteiger partial charge in [-0.3, -0.25) is 9.59 Å². The van der Waals surface area contributed by atoms with Crippen molar-refractivity contribution in [1.82, 2.24) is 0 Å². The van der Waals surface area contributed by atoms with Crippen LogP contribution in [-0.2, 0) is 19.2 Å². The molecule has 48 heavy (non-hydrogen) atoms. The van der Waals surface area contributed by atoms with Gasteiger partial charge in [0.1, 0.15) is 5.60 Å². The molecular weight excluding hydrogens is 618 g/mol. The molecule has 0 bridgehead atoms. The summed E-state index contributed by atoms with van der Waals surface area (Å²) in [5, 5.41) is 0. The van der Waals surface area contributed by atoms with Gasteiger partial charge in [0.25, 0.3) is 0 Å². The van der Waals surface area contributed by atoms with E-state index in [0.717, 1.165) is 32.1 Å². The van der Waals surface area contributed by atoms with Crippen molar-refractivity contribution in [1.29, 1.82) is 0 Å². The highest BCUT2D eigenvalue weighted by molar-refractivity contribution is 5.85. The van der Waals surface area contributed by atoms with Crippen molar-refractivity contribution in [2.24, 2.45) is 11.3 Å². The number of nitrogens with two attached hydrogens (primary N) is 1. The van der Waals surface area contributed by atoms with E-state index in [1.54, 1.807) is 0 Å². The molecule has 1 aliphatic rings. The third-order valence-electron chi connectivity index (χ3n) is 9.84. The average molecular weight is 699 g/mol. The lowest BCUT2D eigenvalue weighted by Crippen LogP contribution is -2.21. The molecule has 0 aromatic heterocycles. The molecule has 0 saturated heterocycles. The van der Waals surface area contributed by atoms with Crippen molar-refractivity contribution in [2.45, 2.75) is 226 Å². The summed E-state index contributed by atoms with van der Waals surface area (Å²) in [5.74, 6) is 4.47. The van der Waals surface area contributed by atoms with E-state index >= 15 is 0 Å². The van der Waals surface area contributed by atoms with Crippen LogP contribution in [0.2, 0.25) is 0 Å². The van der Waals surface area contributed by atoms with E-state index in [1.165, 1.54) is 141 Å². The van der Waals surface area contributed by atoms with Crippen LogP contribution in [0.4, 0.5) is 0 Å². The van der Waals surface area contributed by atoms with E-state index in [2.05, 4.69) is 63.8 Å². The molecule has 0 heterocycles. The Morgan fingerprint density at radius 1 is 0.521 bits per heavy atom. The molecule has 1 atom stereocenters. The van der Waals surface area contributed by atoms with Gasteiger partial charge >= 0.3 is 11.9 Å². The lowest BCUT2D eigenvalue weighted by molar-refractivity contribution is -0.152. The zero-order valence-corrected chi connectivity index (χ0v) is 33.3. The lowest BCUT2D eigenvalue weighted by Gasteiger charge is -2.16. The minimum Gasteiger partial charge on any atom is -0.459 e. The first-order chi connectivity index (χ1) is 22.7. The molecule has 1 rings (SSSR count). The Balaban J connectivity index is 0. The molecule has 1 fully saturated rings. The Labute approximate surface area is 304 Å². The zero-order valence-electron chi connectivity index (χ0n) is 32.4. The van der Waals surface area contributed by atoms with Crippen LogP contribution in [-0.4, -0.2) is 17.5 Å². The predicted molar refractivity (Wildman–Crippen MR) is 209 cm³/mol. The topological polar surface area (TPSA) is 78.6 Å². The third kappa shape index (κ3) is 30.7. The number of hydrogen-bond acceptors (Lipinski definition) is 5. The molecule has 6 heteroatoms. The van der Waals surface area contributed by atoms with Crippen LogP contribution in [0.15, 0.2) is 24.3 Å². The summed E-state index contributed by atoms with van der Waals surface area (Å²) in [7, 11) is 0. The van der Waals surface area contributed by atoms with Crippen molar-refractivity contribution in [3.05, 3.63) is 24.3 Å². The van der Waals surface area contributed by atoms with Gasteiger partial charge in [0.15, 0.2) is 0 Å². The normalized spacial score (nSPS) is 16.4. The van der Waals surface area contributed by atoms with Gasteiger partial charge in [-0.1, -0.05) is 155 Å². The van der Waals surface area contributed by atoms with Crippen LogP contribution in [0, 0.1) is 5.41 Å². The summed E-state index contributed by atoms with van der Waals surface area (Å²) in [6, 6.07) is 0. The van der Waals surface area contributed by atoms with E-state index in [1.807, 2.05) is 0 Å². The summed E-state index contributed by atoms with van der Waals surface area (Å²) in [6.45, 7) is 10.9. The summed E-state index contributed by atoms with van der Waals surface area (Å²) in [4.78, 5) is 26.8. The molecule has 1 aliphatic carbocycles. The largest absolute Gasteiger partial charge is 0.459 e. The Morgan fingerprint density at radius 3 is 1.12 bits per heavy atom. The smallest absolute Gasteiger partial charge is 0.324 e. The molecule has 284 valence electrons.